The Hall–Kier alpha value is -1.22. The van der Waals surface area contributed by atoms with Crippen LogP contribution in [0.5, 0.6) is 11.5 Å². The minimum Gasteiger partial charge on any atom is -0.493 e. The van der Waals surface area contributed by atoms with Crippen molar-refractivity contribution >= 4 is 0 Å². The number of nitrogens with one attached hydrogen (secondary N) is 1. The first-order valence-corrected chi connectivity index (χ1v) is 6.09. The SMILES string of the molecule is COc1cccc(CNCCC(C)C)c1OC. The predicted octanol–water partition coefficient (Wildman–Crippen LogP) is 2.84. The van der Waals surface area contributed by atoms with Crippen molar-refractivity contribution in [2.45, 2.75) is 26.8 Å². The molecule has 0 aliphatic heterocycles. The average molecular weight is 237 g/mol. The third kappa shape index (κ3) is 4.27. The van der Waals surface area contributed by atoms with E-state index in [0.717, 1.165) is 36.1 Å². The van der Waals surface area contributed by atoms with Crippen LogP contribution in [-0.4, -0.2) is 20.8 Å². The number of benzene rings is 1. The maximum absolute atomic E-state index is 5.38. The lowest BCUT2D eigenvalue weighted by Crippen LogP contribution is -2.16. The van der Waals surface area contributed by atoms with Gasteiger partial charge in [0.25, 0.3) is 0 Å². The zero-order valence-electron chi connectivity index (χ0n) is 11.2. The molecule has 0 saturated carbocycles. The molecule has 3 heteroatoms. The molecule has 0 spiro atoms. The van der Waals surface area contributed by atoms with Crippen molar-refractivity contribution in [1.29, 1.82) is 0 Å². The summed E-state index contributed by atoms with van der Waals surface area (Å²) in [6.45, 7) is 6.30. The van der Waals surface area contributed by atoms with Crippen LogP contribution in [0.25, 0.3) is 0 Å². The molecule has 96 valence electrons. The fraction of sp³-hybridized carbons (Fsp3) is 0.571. The van der Waals surface area contributed by atoms with Gasteiger partial charge in [-0.2, -0.15) is 0 Å². The first-order valence-electron chi connectivity index (χ1n) is 6.09. The molecule has 1 rings (SSSR count). The van der Waals surface area contributed by atoms with E-state index in [1.54, 1.807) is 14.2 Å². The summed E-state index contributed by atoms with van der Waals surface area (Å²) in [5.41, 5.74) is 1.13. The van der Waals surface area contributed by atoms with Crippen LogP contribution in [0.1, 0.15) is 25.8 Å². The Labute approximate surface area is 104 Å². The molecule has 0 aromatic heterocycles. The summed E-state index contributed by atoms with van der Waals surface area (Å²) in [5.74, 6) is 2.34. The Bertz CT molecular complexity index is 337. The van der Waals surface area contributed by atoms with Crippen molar-refractivity contribution in [2.75, 3.05) is 20.8 Å². The van der Waals surface area contributed by atoms with Gasteiger partial charge in [0.15, 0.2) is 11.5 Å². The van der Waals surface area contributed by atoms with Crippen LogP contribution >= 0.6 is 0 Å². The van der Waals surface area contributed by atoms with E-state index in [-0.39, 0.29) is 0 Å². The first kappa shape index (κ1) is 13.8. The standard InChI is InChI=1S/C14H23NO2/c1-11(2)8-9-15-10-12-6-5-7-13(16-3)14(12)17-4/h5-7,11,15H,8-10H2,1-4H3. The normalized spacial score (nSPS) is 10.6. The minimum absolute atomic E-state index is 0.731. The quantitative estimate of drug-likeness (QED) is 0.740. The van der Waals surface area contributed by atoms with Crippen LogP contribution in [0.15, 0.2) is 18.2 Å². The molecule has 0 heterocycles. The van der Waals surface area contributed by atoms with E-state index in [1.807, 2.05) is 12.1 Å². The van der Waals surface area contributed by atoms with Crippen LogP contribution in [0.2, 0.25) is 0 Å². The van der Waals surface area contributed by atoms with Crippen LogP contribution in [0.3, 0.4) is 0 Å². The molecule has 0 fully saturated rings. The zero-order valence-corrected chi connectivity index (χ0v) is 11.2. The molecule has 3 nitrogen and oxygen atoms in total. The van der Waals surface area contributed by atoms with Crippen LogP contribution < -0.4 is 14.8 Å². The molecule has 17 heavy (non-hydrogen) atoms. The summed E-state index contributed by atoms with van der Waals surface area (Å²) in [5, 5.41) is 3.42. The van der Waals surface area contributed by atoms with Crippen molar-refractivity contribution in [2.24, 2.45) is 5.92 Å². The van der Waals surface area contributed by atoms with Gasteiger partial charge < -0.3 is 14.8 Å². The summed E-state index contributed by atoms with van der Waals surface area (Å²) in [7, 11) is 3.34. The monoisotopic (exact) mass is 237 g/mol. The van der Waals surface area contributed by atoms with Crippen LogP contribution in [-0.2, 0) is 6.54 Å². The van der Waals surface area contributed by atoms with Crippen molar-refractivity contribution in [1.82, 2.24) is 5.32 Å². The molecule has 1 aromatic rings. The Balaban J connectivity index is 2.58. The topological polar surface area (TPSA) is 30.5 Å². The lowest BCUT2D eigenvalue weighted by atomic mass is 10.1. The summed E-state index contributed by atoms with van der Waals surface area (Å²) in [6.07, 6.45) is 1.19. The summed E-state index contributed by atoms with van der Waals surface area (Å²) in [4.78, 5) is 0. The maximum atomic E-state index is 5.38. The minimum atomic E-state index is 0.731. The second kappa shape index (κ2) is 7.17. The van der Waals surface area contributed by atoms with Crippen molar-refractivity contribution in [3.63, 3.8) is 0 Å². The van der Waals surface area contributed by atoms with Crippen LogP contribution in [0, 0.1) is 5.92 Å². The molecule has 0 unspecified atom stereocenters. The highest BCUT2D eigenvalue weighted by Gasteiger charge is 2.08. The second-order valence-electron chi connectivity index (χ2n) is 4.51. The maximum Gasteiger partial charge on any atom is 0.165 e. The van der Waals surface area contributed by atoms with E-state index in [0.29, 0.717) is 0 Å². The van der Waals surface area contributed by atoms with Gasteiger partial charge in [-0.25, -0.2) is 0 Å². The molecule has 0 aliphatic rings. The molecule has 0 saturated heterocycles. The van der Waals surface area contributed by atoms with E-state index in [1.165, 1.54) is 6.42 Å². The second-order valence-corrected chi connectivity index (χ2v) is 4.51. The van der Waals surface area contributed by atoms with Crippen LogP contribution in [0.4, 0.5) is 0 Å². The van der Waals surface area contributed by atoms with Gasteiger partial charge >= 0.3 is 0 Å². The number of hydrogen-bond donors (Lipinski definition) is 1. The third-order valence-corrected chi connectivity index (χ3v) is 2.70. The largest absolute Gasteiger partial charge is 0.493 e. The highest BCUT2D eigenvalue weighted by atomic mass is 16.5. The molecule has 0 aliphatic carbocycles. The van der Waals surface area contributed by atoms with Crippen molar-refractivity contribution < 1.29 is 9.47 Å². The van der Waals surface area contributed by atoms with Gasteiger partial charge in [0, 0.05) is 12.1 Å². The molecular weight excluding hydrogens is 214 g/mol. The van der Waals surface area contributed by atoms with Gasteiger partial charge in [-0.15, -0.1) is 0 Å². The molecule has 1 aromatic carbocycles. The lowest BCUT2D eigenvalue weighted by molar-refractivity contribution is 0.350. The first-order chi connectivity index (χ1) is 8.19. The molecular formula is C14H23NO2. The fourth-order valence-electron chi connectivity index (χ4n) is 1.71. The predicted molar refractivity (Wildman–Crippen MR) is 70.7 cm³/mol. The van der Waals surface area contributed by atoms with Crippen molar-refractivity contribution in [3.05, 3.63) is 23.8 Å². The lowest BCUT2D eigenvalue weighted by Gasteiger charge is -2.13. The van der Waals surface area contributed by atoms with E-state index in [9.17, 15) is 0 Å². The van der Waals surface area contributed by atoms with Gasteiger partial charge in [-0.05, 0) is 24.9 Å². The van der Waals surface area contributed by atoms with Gasteiger partial charge in [-0.3, -0.25) is 0 Å². The van der Waals surface area contributed by atoms with Gasteiger partial charge in [-0.1, -0.05) is 26.0 Å². The molecule has 0 radical (unpaired) electrons. The molecule has 0 atom stereocenters. The number of rotatable bonds is 7. The van der Waals surface area contributed by atoms with Gasteiger partial charge in [0.1, 0.15) is 0 Å². The Kier molecular flexibility index (Phi) is 5.84. The van der Waals surface area contributed by atoms with Crippen molar-refractivity contribution in [3.8, 4) is 11.5 Å². The van der Waals surface area contributed by atoms with E-state index >= 15 is 0 Å². The summed E-state index contributed by atoms with van der Waals surface area (Å²) < 4.78 is 10.6. The van der Waals surface area contributed by atoms with E-state index < -0.39 is 0 Å². The molecule has 0 amide bonds. The summed E-state index contributed by atoms with van der Waals surface area (Å²) >= 11 is 0. The Morgan fingerprint density at radius 2 is 1.94 bits per heavy atom. The molecule has 1 N–H and O–H groups in total. The highest BCUT2D eigenvalue weighted by Crippen LogP contribution is 2.30. The number of para-hydroxylation sites is 1. The smallest absolute Gasteiger partial charge is 0.165 e. The highest BCUT2D eigenvalue weighted by molar-refractivity contribution is 5.46. The summed E-state index contributed by atoms with van der Waals surface area (Å²) in [6, 6.07) is 5.96. The van der Waals surface area contributed by atoms with E-state index in [2.05, 4.69) is 25.2 Å². The van der Waals surface area contributed by atoms with Gasteiger partial charge in [0.2, 0.25) is 0 Å². The Morgan fingerprint density at radius 1 is 1.18 bits per heavy atom. The number of ether oxygens (including phenoxy) is 2. The average Bonchev–Trinajstić information content (AvgIpc) is 2.33. The van der Waals surface area contributed by atoms with E-state index in [4.69, 9.17) is 9.47 Å². The number of methoxy groups -OCH3 is 2. The molecule has 0 bridgehead atoms. The van der Waals surface area contributed by atoms with Gasteiger partial charge in [0.05, 0.1) is 14.2 Å². The number of hydrogen-bond acceptors (Lipinski definition) is 3. The fourth-order valence-corrected chi connectivity index (χ4v) is 1.71. The third-order valence-electron chi connectivity index (χ3n) is 2.70. The Morgan fingerprint density at radius 3 is 2.53 bits per heavy atom. The zero-order chi connectivity index (χ0) is 12.7.